The smallest absolute Gasteiger partial charge is 0.244 e. The van der Waals surface area contributed by atoms with Crippen LogP contribution in [0.25, 0.3) is 0 Å². The van der Waals surface area contributed by atoms with E-state index >= 15 is 0 Å². The minimum absolute atomic E-state index is 0.00770. The largest absolute Gasteiger partial charge is 0.372 e. The molecule has 1 saturated carbocycles. The number of amides is 2. The van der Waals surface area contributed by atoms with Crippen LogP contribution in [0.4, 0.5) is 0 Å². The summed E-state index contributed by atoms with van der Waals surface area (Å²) in [6, 6.07) is -0.431. The molecular weight excluding hydrogens is 294 g/mol. The molecule has 0 aromatic heterocycles. The third-order valence-corrected chi connectivity index (χ3v) is 5.38. The number of ether oxygens (including phenoxy) is 1. The summed E-state index contributed by atoms with van der Waals surface area (Å²) in [7, 11) is 0. The predicted molar refractivity (Wildman–Crippen MR) is 87.0 cm³/mol. The molecule has 0 bridgehead atoms. The van der Waals surface area contributed by atoms with Gasteiger partial charge in [-0.3, -0.25) is 14.5 Å². The van der Waals surface area contributed by atoms with Crippen molar-refractivity contribution >= 4 is 11.8 Å². The Morgan fingerprint density at radius 3 is 2.52 bits per heavy atom. The van der Waals surface area contributed by atoms with Gasteiger partial charge in [0, 0.05) is 26.2 Å². The van der Waals surface area contributed by atoms with Gasteiger partial charge < -0.3 is 15.0 Å². The Morgan fingerprint density at radius 1 is 1.13 bits per heavy atom. The Kier molecular flexibility index (Phi) is 5.21. The minimum Gasteiger partial charge on any atom is -0.372 e. The van der Waals surface area contributed by atoms with Crippen LogP contribution in [-0.2, 0) is 14.3 Å². The van der Waals surface area contributed by atoms with Crippen LogP contribution < -0.4 is 5.32 Å². The molecule has 6 heteroatoms. The highest BCUT2D eigenvalue weighted by atomic mass is 16.5. The zero-order valence-electron chi connectivity index (χ0n) is 14.2. The maximum Gasteiger partial charge on any atom is 0.244 e. The van der Waals surface area contributed by atoms with Gasteiger partial charge in [0.2, 0.25) is 11.8 Å². The van der Waals surface area contributed by atoms with Crippen LogP contribution in [0.3, 0.4) is 0 Å². The number of carbonyl (C=O) groups is 2. The Balaban J connectivity index is 1.43. The highest BCUT2D eigenvalue weighted by Crippen LogP contribution is 2.37. The van der Waals surface area contributed by atoms with Crippen molar-refractivity contribution < 1.29 is 14.3 Å². The van der Waals surface area contributed by atoms with Gasteiger partial charge in [0.15, 0.2) is 0 Å². The Labute approximate surface area is 138 Å². The summed E-state index contributed by atoms with van der Waals surface area (Å²) in [6.07, 6.45) is 6.78. The van der Waals surface area contributed by atoms with Gasteiger partial charge in [0.25, 0.3) is 0 Å². The molecule has 1 atom stereocenters. The van der Waals surface area contributed by atoms with Crippen molar-refractivity contribution in [1.29, 1.82) is 0 Å². The van der Waals surface area contributed by atoms with E-state index in [0.717, 1.165) is 51.9 Å². The number of hydrogen-bond acceptors (Lipinski definition) is 4. The summed E-state index contributed by atoms with van der Waals surface area (Å²) in [5.74, 6) is -0.00489. The fraction of sp³-hybridized carbons (Fsp3) is 0.882. The monoisotopic (exact) mass is 323 g/mol. The van der Waals surface area contributed by atoms with Crippen LogP contribution in [-0.4, -0.2) is 72.6 Å². The number of hydrogen-bond donors (Lipinski definition) is 1. The van der Waals surface area contributed by atoms with Crippen molar-refractivity contribution in [2.45, 2.75) is 57.1 Å². The van der Waals surface area contributed by atoms with E-state index in [9.17, 15) is 9.59 Å². The summed E-state index contributed by atoms with van der Waals surface area (Å²) in [4.78, 5) is 28.7. The SMILES string of the molecule is CC(NC(=O)CN1CCOC2(CCC2)C1)C(=O)N1CCCCC1. The Hall–Kier alpha value is -1.14. The summed E-state index contributed by atoms with van der Waals surface area (Å²) in [5.41, 5.74) is 0.00770. The first kappa shape index (κ1) is 16.7. The lowest BCUT2D eigenvalue weighted by molar-refractivity contribution is -0.155. The van der Waals surface area contributed by atoms with E-state index in [1.54, 1.807) is 6.92 Å². The predicted octanol–water partition coefficient (Wildman–Crippen LogP) is 0.758. The molecule has 6 nitrogen and oxygen atoms in total. The second-order valence-electron chi connectivity index (χ2n) is 7.27. The standard InChI is InChI=1S/C17H29N3O3/c1-14(16(22)20-8-3-2-4-9-20)18-15(21)12-19-10-11-23-17(13-19)6-5-7-17/h14H,2-13H2,1H3,(H,18,21). The first-order chi connectivity index (χ1) is 11.1. The van der Waals surface area contributed by atoms with Crippen molar-refractivity contribution in [3.05, 3.63) is 0 Å². The molecule has 3 rings (SSSR count). The normalized spacial score (nSPS) is 25.7. The lowest BCUT2D eigenvalue weighted by atomic mass is 9.79. The highest BCUT2D eigenvalue weighted by molar-refractivity contribution is 5.88. The Morgan fingerprint density at radius 2 is 1.87 bits per heavy atom. The number of rotatable bonds is 4. The van der Waals surface area contributed by atoms with E-state index < -0.39 is 6.04 Å². The zero-order chi connectivity index (χ0) is 16.3. The topological polar surface area (TPSA) is 61.9 Å². The van der Waals surface area contributed by atoms with Crippen molar-refractivity contribution in [3.63, 3.8) is 0 Å². The van der Waals surface area contributed by atoms with Gasteiger partial charge in [-0.15, -0.1) is 0 Å². The van der Waals surface area contributed by atoms with E-state index in [1.807, 2.05) is 4.90 Å². The molecular formula is C17H29N3O3. The molecule has 2 heterocycles. The molecule has 0 aromatic carbocycles. The molecule has 23 heavy (non-hydrogen) atoms. The van der Waals surface area contributed by atoms with Crippen molar-refractivity contribution in [2.75, 3.05) is 39.3 Å². The molecule has 3 fully saturated rings. The molecule has 130 valence electrons. The molecule has 1 spiro atoms. The second kappa shape index (κ2) is 7.18. The number of likely N-dealkylation sites (tertiary alicyclic amines) is 1. The third kappa shape index (κ3) is 4.04. The van der Waals surface area contributed by atoms with Crippen LogP contribution in [0.2, 0.25) is 0 Å². The van der Waals surface area contributed by atoms with Gasteiger partial charge >= 0.3 is 0 Å². The number of nitrogens with one attached hydrogen (secondary N) is 1. The summed E-state index contributed by atoms with van der Waals surface area (Å²) < 4.78 is 5.88. The fourth-order valence-corrected chi connectivity index (χ4v) is 3.87. The molecule has 0 aromatic rings. The van der Waals surface area contributed by atoms with Gasteiger partial charge in [-0.05, 0) is 45.4 Å². The van der Waals surface area contributed by atoms with E-state index in [-0.39, 0.29) is 17.4 Å². The van der Waals surface area contributed by atoms with Crippen LogP contribution in [0.15, 0.2) is 0 Å². The van der Waals surface area contributed by atoms with Crippen LogP contribution in [0.5, 0.6) is 0 Å². The van der Waals surface area contributed by atoms with Gasteiger partial charge in [-0.1, -0.05) is 0 Å². The minimum atomic E-state index is -0.431. The maximum absolute atomic E-state index is 12.4. The van der Waals surface area contributed by atoms with Crippen LogP contribution in [0.1, 0.15) is 45.4 Å². The number of nitrogens with zero attached hydrogens (tertiary/aromatic N) is 2. The maximum atomic E-state index is 12.4. The van der Waals surface area contributed by atoms with E-state index in [1.165, 1.54) is 12.8 Å². The molecule has 1 aliphatic carbocycles. The van der Waals surface area contributed by atoms with Crippen LogP contribution in [0, 0.1) is 0 Å². The third-order valence-electron chi connectivity index (χ3n) is 5.38. The molecule has 3 aliphatic rings. The van der Waals surface area contributed by atoms with Crippen molar-refractivity contribution in [1.82, 2.24) is 15.1 Å². The van der Waals surface area contributed by atoms with Crippen molar-refractivity contribution in [3.8, 4) is 0 Å². The van der Waals surface area contributed by atoms with Gasteiger partial charge in [0.1, 0.15) is 6.04 Å². The number of piperidine rings is 1. The average molecular weight is 323 g/mol. The number of morpholine rings is 1. The lowest BCUT2D eigenvalue weighted by Gasteiger charge is -2.48. The van der Waals surface area contributed by atoms with Gasteiger partial charge in [-0.25, -0.2) is 0 Å². The van der Waals surface area contributed by atoms with Gasteiger partial charge in [0.05, 0.1) is 18.8 Å². The molecule has 0 radical (unpaired) electrons. The van der Waals surface area contributed by atoms with E-state index in [4.69, 9.17) is 4.74 Å². The fourth-order valence-electron chi connectivity index (χ4n) is 3.87. The Bertz CT molecular complexity index is 444. The zero-order valence-corrected chi connectivity index (χ0v) is 14.2. The van der Waals surface area contributed by atoms with Crippen LogP contribution >= 0.6 is 0 Å². The van der Waals surface area contributed by atoms with E-state index in [2.05, 4.69) is 10.2 Å². The lowest BCUT2D eigenvalue weighted by Crippen LogP contribution is -2.58. The molecule has 2 aliphatic heterocycles. The summed E-state index contributed by atoms with van der Waals surface area (Å²) >= 11 is 0. The number of carbonyl (C=O) groups excluding carboxylic acids is 2. The van der Waals surface area contributed by atoms with Crippen molar-refractivity contribution in [2.24, 2.45) is 0 Å². The average Bonchev–Trinajstić information content (AvgIpc) is 2.53. The van der Waals surface area contributed by atoms with E-state index in [0.29, 0.717) is 13.2 Å². The second-order valence-corrected chi connectivity index (χ2v) is 7.27. The quantitative estimate of drug-likeness (QED) is 0.830. The van der Waals surface area contributed by atoms with Gasteiger partial charge in [-0.2, -0.15) is 0 Å². The molecule has 1 N–H and O–H groups in total. The first-order valence-corrected chi connectivity index (χ1v) is 9.02. The first-order valence-electron chi connectivity index (χ1n) is 9.02. The summed E-state index contributed by atoms with van der Waals surface area (Å²) in [6.45, 7) is 6.15. The molecule has 2 saturated heterocycles. The molecule has 1 unspecified atom stereocenters. The highest BCUT2D eigenvalue weighted by Gasteiger charge is 2.42. The summed E-state index contributed by atoms with van der Waals surface area (Å²) in [5, 5.41) is 2.88. The molecule has 2 amide bonds.